The molecule has 0 spiro atoms. The molecule has 0 saturated carbocycles. The first-order chi connectivity index (χ1) is 8.01. The molecule has 0 amide bonds. The van der Waals surface area contributed by atoms with Crippen LogP contribution in [0.4, 0.5) is 5.69 Å². The molecule has 0 bridgehead atoms. The second-order valence-corrected chi connectivity index (χ2v) is 7.10. The maximum atomic E-state index is 12.6. The van der Waals surface area contributed by atoms with Gasteiger partial charge in [-0.2, -0.15) is 0 Å². The van der Waals surface area contributed by atoms with E-state index in [1.807, 2.05) is 0 Å². The van der Waals surface area contributed by atoms with Gasteiger partial charge in [0.25, 0.3) is 0 Å². The third-order valence-electron chi connectivity index (χ3n) is 3.27. The molecule has 1 N–H and O–H groups in total. The summed E-state index contributed by atoms with van der Waals surface area (Å²) in [6.07, 6.45) is 2.00. The van der Waals surface area contributed by atoms with Gasteiger partial charge in [-0.25, -0.2) is 4.79 Å². The fourth-order valence-corrected chi connectivity index (χ4v) is 3.57. The van der Waals surface area contributed by atoms with Gasteiger partial charge in [0, 0.05) is 24.5 Å². The lowest BCUT2D eigenvalue weighted by molar-refractivity contribution is 0.0697. The Hall–Kier alpha value is -0.960. The molecule has 5 heteroatoms. The second-order valence-electron chi connectivity index (χ2n) is 4.49. The molecule has 1 aliphatic rings. The molecular formula is C12H16NO3P. The Bertz CT molecular complexity index is 410. The van der Waals surface area contributed by atoms with Crippen molar-refractivity contribution in [2.75, 3.05) is 32.1 Å². The van der Waals surface area contributed by atoms with Crippen molar-refractivity contribution in [3.8, 4) is 0 Å². The molecule has 4 nitrogen and oxygen atoms in total. The van der Waals surface area contributed by atoms with Crippen molar-refractivity contribution in [3.05, 3.63) is 35.0 Å². The molecule has 1 aromatic rings. The first kappa shape index (κ1) is 12.5. The van der Waals surface area contributed by atoms with Crippen LogP contribution in [0.1, 0.15) is 10.4 Å². The quantitative estimate of drug-likeness (QED) is 0.500. The fraction of sp³-hybridized carbons (Fsp3) is 0.417. The van der Waals surface area contributed by atoms with Crippen LogP contribution in [0.25, 0.3) is 0 Å². The molecule has 1 saturated heterocycles. The van der Waals surface area contributed by atoms with Gasteiger partial charge in [-0.3, -0.25) is 0 Å². The number of carboxylic acid groups (broad SMARTS) is 1. The number of hydroxylamine groups is 2. The van der Waals surface area contributed by atoms with Gasteiger partial charge in [-0.1, -0.05) is 7.92 Å². The Balaban J connectivity index is 2.19. The minimum atomic E-state index is -0.954. The zero-order valence-electron chi connectivity index (χ0n) is 9.80. The summed E-state index contributed by atoms with van der Waals surface area (Å²) in [4.78, 5) is 10.7. The molecule has 92 valence electrons. The van der Waals surface area contributed by atoms with Crippen LogP contribution < -0.4 is 4.65 Å². The predicted octanol–water partition coefficient (Wildman–Crippen LogP) is 2.32. The molecule has 17 heavy (non-hydrogen) atoms. The Kier molecular flexibility index (Phi) is 3.48. The summed E-state index contributed by atoms with van der Waals surface area (Å²) in [7, 11) is 0.0333. The van der Waals surface area contributed by atoms with Crippen LogP contribution in [0.3, 0.4) is 0 Å². The van der Waals surface area contributed by atoms with Crippen LogP contribution >= 0.6 is 7.92 Å². The van der Waals surface area contributed by atoms with Crippen LogP contribution in [-0.4, -0.2) is 43.2 Å². The van der Waals surface area contributed by atoms with E-state index in [9.17, 15) is 10.0 Å². The van der Waals surface area contributed by atoms with Gasteiger partial charge in [-0.15, -0.1) is 0 Å². The van der Waals surface area contributed by atoms with Crippen molar-refractivity contribution in [1.82, 2.24) is 4.65 Å². The number of carboxylic acids is 1. The largest absolute Gasteiger partial charge is 0.627 e. The maximum absolute atomic E-state index is 12.6. The third kappa shape index (κ3) is 2.65. The highest BCUT2D eigenvalue weighted by Gasteiger charge is 2.26. The molecule has 1 heterocycles. The Labute approximate surface area is 102 Å². The maximum Gasteiger partial charge on any atom is 0.335 e. The second kappa shape index (κ2) is 4.73. The zero-order valence-corrected chi connectivity index (χ0v) is 10.7. The van der Waals surface area contributed by atoms with Gasteiger partial charge >= 0.3 is 5.97 Å². The number of hydrogen-bond acceptors (Lipinski definition) is 2. The number of nitrogens with zero attached hydrogens (tertiary/aromatic N) is 1. The van der Waals surface area contributed by atoms with Crippen molar-refractivity contribution >= 4 is 19.6 Å². The fourth-order valence-electron chi connectivity index (χ4n) is 2.02. The van der Waals surface area contributed by atoms with E-state index in [4.69, 9.17) is 5.11 Å². The summed E-state index contributed by atoms with van der Waals surface area (Å²) in [6, 6.07) is 6.33. The molecule has 1 fully saturated rings. The third-order valence-corrected chi connectivity index (χ3v) is 5.20. The number of quaternary nitrogens is 1. The summed E-state index contributed by atoms with van der Waals surface area (Å²) >= 11 is 0. The minimum Gasteiger partial charge on any atom is -0.627 e. The highest BCUT2D eigenvalue weighted by molar-refractivity contribution is 7.56. The van der Waals surface area contributed by atoms with E-state index in [0.717, 1.165) is 12.3 Å². The van der Waals surface area contributed by atoms with Crippen LogP contribution in [0.5, 0.6) is 0 Å². The van der Waals surface area contributed by atoms with Crippen molar-refractivity contribution in [3.63, 3.8) is 0 Å². The Morgan fingerprint density at radius 2 is 1.82 bits per heavy atom. The summed E-state index contributed by atoms with van der Waals surface area (Å²) in [5.74, 6) is -0.954. The van der Waals surface area contributed by atoms with Crippen molar-refractivity contribution in [2.24, 2.45) is 0 Å². The molecule has 0 atom stereocenters. The monoisotopic (exact) mass is 253 g/mol. The molecular weight excluding hydrogens is 237 g/mol. The first-order valence-corrected chi connectivity index (χ1v) is 7.78. The molecule has 0 unspecified atom stereocenters. The SMILES string of the molecule is CP1CC[N+]([O-])(c2ccc(C(=O)O)cc2)CC1. The number of carbonyl (C=O) groups is 1. The van der Waals surface area contributed by atoms with Crippen LogP contribution in [0.15, 0.2) is 24.3 Å². The van der Waals surface area contributed by atoms with Crippen molar-refractivity contribution in [1.29, 1.82) is 0 Å². The topological polar surface area (TPSA) is 60.4 Å². The lowest BCUT2D eigenvalue weighted by Crippen LogP contribution is -2.49. The summed E-state index contributed by atoms with van der Waals surface area (Å²) in [6.45, 7) is 3.47. The highest BCUT2D eigenvalue weighted by atomic mass is 31.1. The van der Waals surface area contributed by atoms with Crippen LogP contribution in [0.2, 0.25) is 0 Å². The number of aromatic carboxylic acids is 1. The molecule has 0 radical (unpaired) electrons. The Morgan fingerprint density at radius 3 is 2.29 bits per heavy atom. The van der Waals surface area contributed by atoms with Gasteiger partial charge in [0.2, 0.25) is 0 Å². The van der Waals surface area contributed by atoms with E-state index in [2.05, 4.69) is 6.66 Å². The number of hydrogen-bond donors (Lipinski definition) is 1. The summed E-state index contributed by atoms with van der Waals surface area (Å²) in [5, 5.41) is 21.4. The van der Waals surface area contributed by atoms with E-state index in [0.29, 0.717) is 18.8 Å². The summed E-state index contributed by atoms with van der Waals surface area (Å²) in [5.41, 5.74) is 0.910. The highest BCUT2D eigenvalue weighted by Crippen LogP contribution is 2.38. The van der Waals surface area contributed by atoms with Gasteiger partial charge in [0.1, 0.15) is 5.69 Å². The van der Waals surface area contributed by atoms with E-state index < -0.39 is 5.97 Å². The first-order valence-electron chi connectivity index (χ1n) is 5.62. The molecule has 0 aromatic heterocycles. The van der Waals surface area contributed by atoms with Crippen molar-refractivity contribution < 1.29 is 9.90 Å². The average Bonchev–Trinajstić information content (AvgIpc) is 2.33. The molecule has 0 aliphatic carbocycles. The average molecular weight is 253 g/mol. The van der Waals surface area contributed by atoms with Crippen molar-refractivity contribution in [2.45, 2.75) is 0 Å². The molecule has 1 aliphatic heterocycles. The van der Waals surface area contributed by atoms with Gasteiger partial charge in [-0.05, 0) is 18.8 Å². The predicted molar refractivity (Wildman–Crippen MR) is 70.9 cm³/mol. The van der Waals surface area contributed by atoms with Gasteiger partial charge in [0.15, 0.2) is 0 Å². The van der Waals surface area contributed by atoms with Gasteiger partial charge in [0.05, 0.1) is 18.7 Å². The van der Waals surface area contributed by atoms with E-state index >= 15 is 0 Å². The zero-order chi connectivity index (χ0) is 12.5. The van der Waals surface area contributed by atoms with E-state index in [-0.39, 0.29) is 18.1 Å². The smallest absolute Gasteiger partial charge is 0.335 e. The van der Waals surface area contributed by atoms with E-state index in [1.54, 1.807) is 12.1 Å². The minimum absolute atomic E-state index is 0.0333. The number of rotatable bonds is 2. The lowest BCUT2D eigenvalue weighted by atomic mass is 10.2. The lowest BCUT2D eigenvalue weighted by Gasteiger charge is -2.46. The van der Waals surface area contributed by atoms with E-state index in [1.165, 1.54) is 12.1 Å². The van der Waals surface area contributed by atoms with Gasteiger partial charge < -0.3 is 15.0 Å². The number of benzene rings is 1. The van der Waals surface area contributed by atoms with Crippen LogP contribution in [0, 0.1) is 5.21 Å². The standard InChI is InChI=1S/C12H16NO3P/c1-17-8-6-13(16,7-9-17)11-4-2-10(3-5-11)12(14)15/h2-5H,6-9H2,1H3,(H,14,15). The Morgan fingerprint density at radius 1 is 1.29 bits per heavy atom. The molecule has 2 rings (SSSR count). The van der Waals surface area contributed by atoms with Crippen LogP contribution in [-0.2, 0) is 0 Å². The summed E-state index contributed by atoms with van der Waals surface area (Å²) < 4.78 is -0.299. The normalized spacial score (nSPS) is 28.9. The molecule has 1 aromatic carbocycles.